The van der Waals surface area contributed by atoms with Crippen molar-refractivity contribution in [1.82, 2.24) is 9.80 Å². The van der Waals surface area contributed by atoms with Gasteiger partial charge in [0.1, 0.15) is 17.9 Å². The van der Waals surface area contributed by atoms with E-state index in [1.165, 1.54) is 6.07 Å². The first-order valence-electron chi connectivity index (χ1n) is 9.53. The number of benzene rings is 2. The van der Waals surface area contributed by atoms with Crippen LogP contribution in [0.15, 0.2) is 63.8 Å². The quantitative estimate of drug-likeness (QED) is 0.643. The van der Waals surface area contributed by atoms with Crippen molar-refractivity contribution in [3.63, 3.8) is 0 Å². The summed E-state index contributed by atoms with van der Waals surface area (Å²) in [5.74, 6) is 0.652. The Morgan fingerprint density at radius 1 is 1.03 bits per heavy atom. The minimum absolute atomic E-state index is 0.0608. The number of carbonyl (C=O) groups is 1. The summed E-state index contributed by atoms with van der Waals surface area (Å²) in [6, 6.07) is 15.8. The molecule has 0 N–H and O–H groups in total. The van der Waals surface area contributed by atoms with Crippen molar-refractivity contribution in [3.8, 4) is 5.75 Å². The maximum atomic E-state index is 12.8. The van der Waals surface area contributed by atoms with Gasteiger partial charge in [-0.05, 0) is 30.3 Å². The lowest BCUT2D eigenvalue weighted by Gasteiger charge is -2.34. The lowest BCUT2D eigenvalue weighted by molar-refractivity contribution is 0.0590. The van der Waals surface area contributed by atoms with Crippen LogP contribution in [-0.4, -0.2) is 55.0 Å². The lowest BCUT2D eigenvalue weighted by Crippen LogP contribution is -2.49. The summed E-state index contributed by atoms with van der Waals surface area (Å²) >= 11 is 5.93. The zero-order chi connectivity index (χ0) is 20.2. The normalized spacial score (nSPS) is 14.9. The topological polar surface area (TPSA) is 63.0 Å². The van der Waals surface area contributed by atoms with Gasteiger partial charge in [0.25, 0.3) is 5.91 Å². The number of piperazine rings is 1. The van der Waals surface area contributed by atoms with Crippen molar-refractivity contribution >= 4 is 28.5 Å². The van der Waals surface area contributed by atoms with Crippen molar-refractivity contribution in [2.75, 3.05) is 39.3 Å². The van der Waals surface area contributed by atoms with Gasteiger partial charge in [-0.15, -0.1) is 0 Å². The third kappa shape index (κ3) is 4.60. The molecule has 29 heavy (non-hydrogen) atoms. The number of amides is 1. The second kappa shape index (κ2) is 8.68. The molecule has 2 heterocycles. The first kappa shape index (κ1) is 19.5. The molecule has 0 radical (unpaired) electrons. The molecule has 0 unspecified atom stereocenters. The minimum atomic E-state index is -0.270. The second-order valence-corrected chi connectivity index (χ2v) is 7.35. The van der Waals surface area contributed by atoms with E-state index in [0.717, 1.165) is 25.4 Å². The highest BCUT2D eigenvalue weighted by molar-refractivity contribution is 6.31. The molecule has 6 nitrogen and oxygen atoms in total. The molecule has 3 aromatic rings. The molecule has 4 rings (SSSR count). The maximum Gasteiger partial charge on any atom is 0.289 e. The van der Waals surface area contributed by atoms with Gasteiger partial charge in [0.05, 0.1) is 5.39 Å². The number of hydrogen-bond acceptors (Lipinski definition) is 5. The van der Waals surface area contributed by atoms with E-state index in [1.807, 2.05) is 30.3 Å². The summed E-state index contributed by atoms with van der Waals surface area (Å²) in [7, 11) is 0. The standard InChI is InChI=1S/C22H21ClN2O4/c23-16-6-7-20-18(14-16)19(26)15-21(29-20)22(27)25-10-8-24(9-11-25)12-13-28-17-4-2-1-3-5-17/h1-7,14-15H,8-13H2. The Balaban J connectivity index is 1.34. The van der Waals surface area contributed by atoms with Crippen LogP contribution in [0.3, 0.4) is 0 Å². The Hall–Kier alpha value is -2.83. The zero-order valence-corrected chi connectivity index (χ0v) is 16.6. The molecule has 1 aliphatic heterocycles. The van der Waals surface area contributed by atoms with Gasteiger partial charge in [-0.3, -0.25) is 14.5 Å². The summed E-state index contributed by atoms with van der Waals surface area (Å²) in [5.41, 5.74) is 0.0933. The number of para-hydroxylation sites is 1. The monoisotopic (exact) mass is 412 g/mol. The summed E-state index contributed by atoms with van der Waals surface area (Å²) in [6.45, 7) is 4.04. The fourth-order valence-corrected chi connectivity index (χ4v) is 3.55. The van der Waals surface area contributed by atoms with E-state index >= 15 is 0 Å². The van der Waals surface area contributed by atoms with Gasteiger partial charge >= 0.3 is 0 Å². The number of ether oxygens (including phenoxy) is 1. The highest BCUT2D eigenvalue weighted by Gasteiger charge is 2.24. The molecule has 7 heteroatoms. The van der Waals surface area contributed by atoms with E-state index < -0.39 is 0 Å². The number of hydrogen-bond donors (Lipinski definition) is 0. The Kier molecular flexibility index (Phi) is 5.83. The van der Waals surface area contributed by atoms with Crippen LogP contribution in [0.5, 0.6) is 5.75 Å². The molecule has 0 aliphatic carbocycles. The molecular formula is C22H21ClN2O4. The fourth-order valence-electron chi connectivity index (χ4n) is 3.37. The van der Waals surface area contributed by atoms with Gasteiger partial charge in [-0.25, -0.2) is 0 Å². The zero-order valence-electron chi connectivity index (χ0n) is 15.8. The minimum Gasteiger partial charge on any atom is -0.492 e. The predicted octanol–water partition coefficient (Wildman–Crippen LogP) is 3.28. The van der Waals surface area contributed by atoms with Crippen LogP contribution in [0.25, 0.3) is 11.0 Å². The highest BCUT2D eigenvalue weighted by Crippen LogP contribution is 2.19. The lowest BCUT2D eigenvalue weighted by atomic mass is 10.2. The van der Waals surface area contributed by atoms with Gasteiger partial charge < -0.3 is 14.1 Å². The van der Waals surface area contributed by atoms with Crippen LogP contribution in [0.2, 0.25) is 5.02 Å². The molecule has 0 bridgehead atoms. The van der Waals surface area contributed by atoms with Crippen molar-refractivity contribution in [2.45, 2.75) is 0 Å². The Bertz CT molecular complexity index is 1060. The van der Waals surface area contributed by atoms with Gasteiger partial charge in [-0.1, -0.05) is 29.8 Å². The number of halogens is 1. The van der Waals surface area contributed by atoms with E-state index in [0.29, 0.717) is 35.7 Å². The maximum absolute atomic E-state index is 12.8. The largest absolute Gasteiger partial charge is 0.492 e. The Morgan fingerprint density at radius 3 is 2.55 bits per heavy atom. The third-order valence-electron chi connectivity index (χ3n) is 4.98. The molecule has 0 spiro atoms. The molecule has 1 fully saturated rings. The van der Waals surface area contributed by atoms with Crippen molar-refractivity contribution in [2.24, 2.45) is 0 Å². The summed E-state index contributed by atoms with van der Waals surface area (Å²) < 4.78 is 11.4. The predicted molar refractivity (Wildman–Crippen MR) is 112 cm³/mol. The van der Waals surface area contributed by atoms with E-state index in [2.05, 4.69) is 4.90 Å². The third-order valence-corrected chi connectivity index (χ3v) is 5.21. The van der Waals surface area contributed by atoms with E-state index in [1.54, 1.807) is 23.1 Å². The van der Waals surface area contributed by atoms with Crippen LogP contribution in [0.4, 0.5) is 0 Å². The first-order chi connectivity index (χ1) is 14.1. The van der Waals surface area contributed by atoms with E-state index in [9.17, 15) is 9.59 Å². The molecule has 2 aromatic carbocycles. The van der Waals surface area contributed by atoms with Crippen molar-refractivity contribution in [1.29, 1.82) is 0 Å². The average Bonchev–Trinajstić information content (AvgIpc) is 2.75. The number of nitrogens with zero attached hydrogens (tertiary/aromatic N) is 2. The summed E-state index contributed by atoms with van der Waals surface area (Å²) in [6.07, 6.45) is 0. The number of carbonyl (C=O) groups excluding carboxylic acids is 1. The van der Waals surface area contributed by atoms with Crippen LogP contribution >= 0.6 is 11.6 Å². The van der Waals surface area contributed by atoms with Crippen molar-refractivity contribution < 1.29 is 13.9 Å². The molecule has 0 atom stereocenters. The second-order valence-electron chi connectivity index (χ2n) is 6.91. The SMILES string of the molecule is O=C(c1cc(=O)c2cc(Cl)ccc2o1)N1CCN(CCOc2ccccc2)CC1. The fraction of sp³-hybridized carbons (Fsp3) is 0.273. The molecule has 1 saturated heterocycles. The number of fused-ring (bicyclic) bond motifs is 1. The van der Waals surface area contributed by atoms with Gasteiger partial charge in [0, 0.05) is 43.8 Å². The van der Waals surface area contributed by atoms with E-state index in [-0.39, 0.29) is 17.1 Å². The van der Waals surface area contributed by atoms with Crippen LogP contribution < -0.4 is 10.2 Å². The Labute approximate surface area is 173 Å². The number of rotatable bonds is 5. The molecule has 150 valence electrons. The van der Waals surface area contributed by atoms with Crippen molar-refractivity contribution in [3.05, 3.63) is 75.6 Å². The van der Waals surface area contributed by atoms with Crippen LogP contribution in [0, 0.1) is 0 Å². The molecular weight excluding hydrogens is 392 g/mol. The van der Waals surface area contributed by atoms with Gasteiger partial charge in [0.15, 0.2) is 11.2 Å². The first-order valence-corrected chi connectivity index (χ1v) is 9.91. The van der Waals surface area contributed by atoms with E-state index in [4.69, 9.17) is 20.8 Å². The van der Waals surface area contributed by atoms with Crippen LogP contribution in [-0.2, 0) is 0 Å². The summed E-state index contributed by atoms with van der Waals surface area (Å²) in [5, 5.41) is 0.827. The highest BCUT2D eigenvalue weighted by atomic mass is 35.5. The Morgan fingerprint density at radius 2 is 1.79 bits per heavy atom. The average molecular weight is 413 g/mol. The molecule has 0 saturated carbocycles. The van der Waals surface area contributed by atoms with Gasteiger partial charge in [0.2, 0.25) is 0 Å². The molecule has 1 aliphatic rings. The molecule has 1 amide bonds. The summed E-state index contributed by atoms with van der Waals surface area (Å²) in [4.78, 5) is 29.1. The van der Waals surface area contributed by atoms with Crippen LogP contribution in [0.1, 0.15) is 10.6 Å². The molecule has 1 aromatic heterocycles. The smallest absolute Gasteiger partial charge is 0.289 e. The van der Waals surface area contributed by atoms with Gasteiger partial charge in [-0.2, -0.15) is 0 Å².